The summed E-state index contributed by atoms with van der Waals surface area (Å²) in [5.41, 5.74) is 2.08. The average Bonchev–Trinajstić information content (AvgIpc) is 2.67. The lowest BCUT2D eigenvalue weighted by molar-refractivity contribution is -0.137. The van der Waals surface area contributed by atoms with Gasteiger partial charge >= 0.3 is 0 Å². The van der Waals surface area contributed by atoms with Crippen molar-refractivity contribution in [3.05, 3.63) is 29.8 Å². The third kappa shape index (κ3) is 4.62. The van der Waals surface area contributed by atoms with E-state index in [1.807, 2.05) is 31.2 Å². The lowest BCUT2D eigenvalue weighted by atomic mass is 10.1. The zero-order valence-corrected chi connectivity index (χ0v) is 15.8. The van der Waals surface area contributed by atoms with Gasteiger partial charge in [-0.1, -0.05) is 17.7 Å². The zero-order chi connectivity index (χ0) is 18.5. The minimum Gasteiger partial charge on any atom is -0.379 e. The predicted molar refractivity (Wildman–Crippen MR) is 101 cm³/mol. The summed E-state index contributed by atoms with van der Waals surface area (Å²) in [7, 11) is 0. The fourth-order valence-electron chi connectivity index (χ4n) is 3.58. The molecule has 6 heteroatoms. The number of anilines is 1. The Balaban J connectivity index is 1.47. The van der Waals surface area contributed by atoms with Crippen molar-refractivity contribution in [3.8, 4) is 0 Å². The van der Waals surface area contributed by atoms with E-state index < -0.39 is 0 Å². The van der Waals surface area contributed by atoms with E-state index in [0.717, 1.165) is 38.4 Å². The van der Waals surface area contributed by atoms with Gasteiger partial charge in [0.15, 0.2) is 0 Å². The minimum atomic E-state index is -0.00493. The molecule has 0 aliphatic carbocycles. The number of aryl methyl sites for hydroxylation is 1. The normalized spacial score (nSPS) is 20.3. The van der Waals surface area contributed by atoms with Gasteiger partial charge in [-0.05, 0) is 32.4 Å². The molecular weight excluding hydrogens is 330 g/mol. The molecule has 2 fully saturated rings. The maximum atomic E-state index is 12.5. The smallest absolute Gasteiger partial charge is 0.246 e. The topological polar surface area (TPSA) is 53.1 Å². The second-order valence-electron chi connectivity index (χ2n) is 7.23. The largest absolute Gasteiger partial charge is 0.379 e. The maximum Gasteiger partial charge on any atom is 0.246 e. The number of amides is 2. The van der Waals surface area contributed by atoms with Crippen LogP contribution in [0.5, 0.6) is 0 Å². The molecule has 2 saturated heterocycles. The van der Waals surface area contributed by atoms with Crippen molar-refractivity contribution in [2.24, 2.45) is 0 Å². The van der Waals surface area contributed by atoms with Gasteiger partial charge in [-0.2, -0.15) is 0 Å². The molecule has 0 saturated carbocycles. The van der Waals surface area contributed by atoms with Gasteiger partial charge < -0.3 is 14.5 Å². The fraction of sp³-hybridized carbons (Fsp3) is 0.600. The summed E-state index contributed by atoms with van der Waals surface area (Å²) < 4.78 is 5.38. The summed E-state index contributed by atoms with van der Waals surface area (Å²) in [6.45, 7) is 8.95. The molecule has 142 valence electrons. The lowest BCUT2D eigenvalue weighted by Crippen LogP contribution is -2.52. The summed E-state index contributed by atoms with van der Waals surface area (Å²) >= 11 is 0. The van der Waals surface area contributed by atoms with Gasteiger partial charge in [0, 0.05) is 44.3 Å². The van der Waals surface area contributed by atoms with Crippen molar-refractivity contribution < 1.29 is 14.3 Å². The van der Waals surface area contributed by atoms with Gasteiger partial charge in [-0.3, -0.25) is 14.5 Å². The molecule has 0 spiro atoms. The molecular formula is C20H29N3O3. The fourth-order valence-corrected chi connectivity index (χ4v) is 3.58. The number of piperazine rings is 1. The number of morpholine rings is 1. The molecule has 6 nitrogen and oxygen atoms in total. The first-order valence-corrected chi connectivity index (χ1v) is 9.51. The Hall–Kier alpha value is -1.92. The van der Waals surface area contributed by atoms with Crippen molar-refractivity contribution in [1.82, 2.24) is 9.80 Å². The number of carbonyl (C=O) groups excluding carboxylic acids is 2. The molecule has 1 aromatic carbocycles. The summed E-state index contributed by atoms with van der Waals surface area (Å²) in [6, 6.07) is 8.32. The Kier molecular flexibility index (Phi) is 6.27. The Morgan fingerprint density at radius 3 is 2.46 bits per heavy atom. The van der Waals surface area contributed by atoms with Crippen molar-refractivity contribution in [2.75, 3.05) is 50.8 Å². The third-order valence-electron chi connectivity index (χ3n) is 5.36. The van der Waals surface area contributed by atoms with E-state index in [2.05, 4.69) is 11.8 Å². The summed E-state index contributed by atoms with van der Waals surface area (Å²) in [5.74, 6) is 0.0803. The van der Waals surface area contributed by atoms with Gasteiger partial charge in [0.05, 0.1) is 13.2 Å². The first kappa shape index (κ1) is 18.9. The van der Waals surface area contributed by atoms with Crippen LogP contribution in [0.3, 0.4) is 0 Å². The molecule has 1 aromatic rings. The molecule has 3 rings (SSSR count). The Labute approximate surface area is 155 Å². The van der Waals surface area contributed by atoms with Gasteiger partial charge in [-0.15, -0.1) is 0 Å². The van der Waals surface area contributed by atoms with Gasteiger partial charge in [0.1, 0.15) is 6.54 Å². The first-order chi connectivity index (χ1) is 12.5. The van der Waals surface area contributed by atoms with E-state index in [-0.39, 0.29) is 18.4 Å². The second kappa shape index (κ2) is 8.64. The third-order valence-corrected chi connectivity index (χ3v) is 5.36. The molecule has 0 N–H and O–H groups in total. The molecule has 0 bridgehead atoms. The van der Waals surface area contributed by atoms with Crippen LogP contribution in [0.1, 0.15) is 25.3 Å². The molecule has 2 heterocycles. The quantitative estimate of drug-likeness (QED) is 0.803. The highest BCUT2D eigenvalue weighted by Gasteiger charge is 2.28. The zero-order valence-electron chi connectivity index (χ0n) is 15.8. The van der Waals surface area contributed by atoms with Crippen LogP contribution in [-0.2, 0) is 14.3 Å². The summed E-state index contributed by atoms with van der Waals surface area (Å²) in [5, 5.41) is 0. The maximum absolute atomic E-state index is 12.5. The van der Waals surface area contributed by atoms with Crippen LogP contribution in [0.2, 0.25) is 0 Å². The minimum absolute atomic E-state index is 0.00493. The van der Waals surface area contributed by atoms with Crippen LogP contribution in [0, 0.1) is 6.92 Å². The van der Waals surface area contributed by atoms with Crippen molar-refractivity contribution >= 4 is 17.5 Å². The highest BCUT2D eigenvalue weighted by molar-refractivity contribution is 5.97. The van der Waals surface area contributed by atoms with Gasteiger partial charge in [0.25, 0.3) is 0 Å². The van der Waals surface area contributed by atoms with Crippen LogP contribution in [-0.4, -0.2) is 73.6 Å². The first-order valence-electron chi connectivity index (χ1n) is 9.51. The molecule has 0 aromatic heterocycles. The number of carbonyl (C=O) groups is 2. The number of ether oxygens (including phenoxy) is 1. The Morgan fingerprint density at radius 2 is 1.81 bits per heavy atom. The highest BCUT2D eigenvalue weighted by atomic mass is 16.5. The molecule has 2 amide bonds. The van der Waals surface area contributed by atoms with Crippen LogP contribution >= 0.6 is 0 Å². The molecule has 0 radical (unpaired) electrons. The molecule has 2 aliphatic rings. The number of hydrogen-bond acceptors (Lipinski definition) is 4. The number of rotatable bonds is 5. The van der Waals surface area contributed by atoms with E-state index in [4.69, 9.17) is 4.74 Å². The molecule has 26 heavy (non-hydrogen) atoms. The van der Waals surface area contributed by atoms with Crippen LogP contribution in [0.4, 0.5) is 5.69 Å². The van der Waals surface area contributed by atoms with E-state index in [1.54, 1.807) is 9.80 Å². The Bertz CT molecular complexity index is 626. The van der Waals surface area contributed by atoms with Gasteiger partial charge in [0.2, 0.25) is 11.8 Å². The average molecular weight is 359 g/mol. The standard InChI is InChI=1S/C20H29N3O3/c1-16-3-6-18(7-4-16)23-10-9-22(15-20(23)25)19(24)8-5-17(2)21-11-13-26-14-12-21/h3-4,6-7,17H,5,8-15H2,1-2H3/t17-/m1/s1. The van der Waals surface area contributed by atoms with E-state index >= 15 is 0 Å². The number of benzene rings is 1. The predicted octanol–water partition coefficient (Wildman–Crippen LogP) is 1.67. The molecule has 2 aliphatic heterocycles. The van der Waals surface area contributed by atoms with E-state index in [9.17, 15) is 9.59 Å². The van der Waals surface area contributed by atoms with Crippen molar-refractivity contribution in [2.45, 2.75) is 32.7 Å². The molecule has 0 unspecified atom stereocenters. The Morgan fingerprint density at radius 1 is 1.12 bits per heavy atom. The second-order valence-corrected chi connectivity index (χ2v) is 7.23. The summed E-state index contributed by atoms with van der Waals surface area (Å²) in [4.78, 5) is 30.9. The monoisotopic (exact) mass is 359 g/mol. The van der Waals surface area contributed by atoms with Crippen molar-refractivity contribution in [3.63, 3.8) is 0 Å². The van der Waals surface area contributed by atoms with Crippen LogP contribution in [0.25, 0.3) is 0 Å². The molecule has 1 atom stereocenters. The van der Waals surface area contributed by atoms with Crippen molar-refractivity contribution in [1.29, 1.82) is 0 Å². The lowest BCUT2D eigenvalue weighted by Gasteiger charge is -2.35. The summed E-state index contributed by atoms with van der Waals surface area (Å²) in [6.07, 6.45) is 1.32. The van der Waals surface area contributed by atoms with Gasteiger partial charge in [-0.25, -0.2) is 0 Å². The highest BCUT2D eigenvalue weighted by Crippen LogP contribution is 2.19. The van der Waals surface area contributed by atoms with E-state index in [0.29, 0.717) is 25.6 Å². The SMILES string of the molecule is Cc1ccc(N2CCN(C(=O)CC[C@@H](C)N3CCOCC3)CC2=O)cc1. The number of nitrogens with zero attached hydrogens (tertiary/aromatic N) is 3. The van der Waals surface area contributed by atoms with Crippen LogP contribution < -0.4 is 4.90 Å². The number of hydrogen-bond donors (Lipinski definition) is 0. The van der Waals surface area contributed by atoms with E-state index in [1.165, 1.54) is 5.56 Å². The van der Waals surface area contributed by atoms with Crippen LogP contribution in [0.15, 0.2) is 24.3 Å².